The number of rotatable bonds is 81. The van der Waals surface area contributed by atoms with Crippen molar-refractivity contribution in [3.8, 4) is 0 Å². The Bertz CT molecular complexity index is 1450. The fourth-order valence-corrected chi connectivity index (χ4v) is 13.8. The van der Waals surface area contributed by atoms with Gasteiger partial charge in [0.25, 0.3) is 0 Å². The third-order valence-electron chi connectivity index (χ3n) is 20.2. The first-order valence-corrected chi connectivity index (χ1v) is 42.6. The second kappa shape index (κ2) is 81.8. The molecule has 6 nitrogen and oxygen atoms in total. The second-order valence-corrected chi connectivity index (χ2v) is 29.5. The second-order valence-electron chi connectivity index (χ2n) is 29.5. The van der Waals surface area contributed by atoms with Crippen LogP contribution in [0.3, 0.4) is 0 Å². The van der Waals surface area contributed by atoms with Crippen LogP contribution in [0.25, 0.3) is 0 Å². The lowest BCUT2D eigenvalue weighted by molar-refractivity contribution is -0.143. The third kappa shape index (κ3) is 77.3. The van der Waals surface area contributed by atoms with Crippen LogP contribution in [0.5, 0.6) is 0 Å². The van der Waals surface area contributed by atoms with E-state index in [-0.39, 0.29) is 18.5 Å². The molecule has 0 aliphatic rings. The van der Waals surface area contributed by atoms with E-state index in [0.29, 0.717) is 19.4 Å². The van der Waals surface area contributed by atoms with Crippen LogP contribution < -0.4 is 5.32 Å². The molecule has 546 valence electrons. The van der Waals surface area contributed by atoms with Crippen LogP contribution in [0.4, 0.5) is 0 Å². The van der Waals surface area contributed by atoms with Crippen molar-refractivity contribution in [3.05, 3.63) is 24.3 Å². The van der Waals surface area contributed by atoms with Crippen molar-refractivity contribution in [1.82, 2.24) is 5.32 Å². The molecule has 0 saturated carbocycles. The molecule has 0 heterocycles. The van der Waals surface area contributed by atoms with Crippen molar-refractivity contribution in [3.63, 3.8) is 0 Å². The maximum atomic E-state index is 12.5. The summed E-state index contributed by atoms with van der Waals surface area (Å²) >= 11 is 0. The van der Waals surface area contributed by atoms with E-state index in [2.05, 4.69) is 31.3 Å². The van der Waals surface area contributed by atoms with E-state index in [1.54, 1.807) is 6.08 Å². The summed E-state index contributed by atoms with van der Waals surface area (Å²) in [6.07, 6.45) is 106. The van der Waals surface area contributed by atoms with Gasteiger partial charge >= 0.3 is 5.97 Å². The molecule has 0 aromatic carbocycles. The van der Waals surface area contributed by atoms with Gasteiger partial charge in [-0.1, -0.05) is 443 Å². The van der Waals surface area contributed by atoms with Crippen molar-refractivity contribution >= 4 is 11.9 Å². The van der Waals surface area contributed by atoms with Crippen molar-refractivity contribution in [2.45, 2.75) is 501 Å². The highest BCUT2D eigenvalue weighted by Crippen LogP contribution is 2.21. The Morgan fingerprint density at radius 3 is 0.772 bits per heavy atom. The number of carbonyl (C=O) groups is 2. The predicted molar refractivity (Wildman–Crippen MR) is 407 cm³/mol. The van der Waals surface area contributed by atoms with Gasteiger partial charge in [-0.05, 0) is 57.8 Å². The molecule has 0 aliphatic heterocycles. The minimum atomic E-state index is -0.842. The fraction of sp³-hybridized carbons (Fsp3) is 0.930. The molecule has 0 aromatic rings. The fourth-order valence-electron chi connectivity index (χ4n) is 13.8. The molecule has 0 aliphatic carbocycles. The number of hydrogen-bond donors (Lipinski definition) is 3. The van der Waals surface area contributed by atoms with Gasteiger partial charge in [0.1, 0.15) is 0 Å². The van der Waals surface area contributed by atoms with Crippen LogP contribution in [0.2, 0.25) is 0 Å². The topological polar surface area (TPSA) is 95.9 Å². The maximum Gasteiger partial charge on any atom is 0.305 e. The zero-order valence-corrected chi connectivity index (χ0v) is 62.8. The average molecular weight is 1300 g/mol. The number of hydrogen-bond acceptors (Lipinski definition) is 5. The molecule has 6 heteroatoms. The minimum Gasteiger partial charge on any atom is -0.466 e. The standard InChI is InChI=1S/C86H167NO5/c1-3-5-7-9-11-13-15-17-19-21-22-44-47-50-54-58-62-66-70-74-78-84(89)83(82-88)87-85(90)79-75-71-67-63-59-55-51-48-45-42-40-38-36-34-32-30-28-26-24-23-25-27-29-31-33-35-37-39-41-43-46-49-53-57-61-65-69-73-77-81-92-86(91)80-76-72-68-64-60-56-52-20-18-16-14-12-10-8-6-4-2/h23-24,74,78,83-84,88-89H,3-22,25-73,75-77,79-82H2,1-2H3,(H,87,90)/b24-23-,78-74+. The van der Waals surface area contributed by atoms with Crippen LogP contribution in [0.1, 0.15) is 489 Å². The number of nitrogens with one attached hydrogen (secondary N) is 1. The largest absolute Gasteiger partial charge is 0.466 e. The molecule has 2 unspecified atom stereocenters. The van der Waals surface area contributed by atoms with E-state index >= 15 is 0 Å². The van der Waals surface area contributed by atoms with Gasteiger partial charge in [0.15, 0.2) is 0 Å². The smallest absolute Gasteiger partial charge is 0.305 e. The Kier molecular flexibility index (Phi) is 80.3. The lowest BCUT2D eigenvalue weighted by atomic mass is 10.0. The third-order valence-corrected chi connectivity index (χ3v) is 20.2. The van der Waals surface area contributed by atoms with Crippen LogP contribution >= 0.6 is 0 Å². The normalized spacial score (nSPS) is 12.5. The van der Waals surface area contributed by atoms with Gasteiger partial charge in [-0.15, -0.1) is 0 Å². The average Bonchev–Trinajstić information content (AvgIpc) is 3.76. The van der Waals surface area contributed by atoms with Gasteiger partial charge in [-0.2, -0.15) is 0 Å². The van der Waals surface area contributed by atoms with Crippen molar-refractivity contribution < 1.29 is 24.5 Å². The zero-order chi connectivity index (χ0) is 66.3. The molecular formula is C86H167NO5. The molecular weight excluding hydrogens is 1130 g/mol. The molecule has 0 radical (unpaired) electrons. The van der Waals surface area contributed by atoms with Crippen LogP contribution in [0, 0.1) is 0 Å². The summed E-state index contributed by atoms with van der Waals surface area (Å²) in [7, 11) is 0. The molecule has 0 bridgehead atoms. The van der Waals surface area contributed by atoms with E-state index in [4.69, 9.17) is 4.74 Å². The summed E-state index contributed by atoms with van der Waals surface area (Å²) < 4.78 is 5.52. The van der Waals surface area contributed by atoms with Gasteiger partial charge < -0.3 is 20.3 Å². The van der Waals surface area contributed by atoms with E-state index in [0.717, 1.165) is 38.5 Å². The molecule has 2 atom stereocenters. The predicted octanol–water partition coefficient (Wildman–Crippen LogP) is 28.4. The summed E-state index contributed by atoms with van der Waals surface area (Å²) in [6.45, 7) is 4.97. The Balaban J connectivity index is 3.33. The quantitative estimate of drug-likeness (QED) is 0.0320. The number of aliphatic hydroxyl groups is 2. The zero-order valence-electron chi connectivity index (χ0n) is 62.8. The maximum absolute atomic E-state index is 12.5. The van der Waals surface area contributed by atoms with Gasteiger partial charge in [0.05, 0.1) is 25.4 Å². The van der Waals surface area contributed by atoms with Crippen molar-refractivity contribution in [1.29, 1.82) is 0 Å². The highest BCUT2D eigenvalue weighted by Gasteiger charge is 2.18. The van der Waals surface area contributed by atoms with Gasteiger partial charge in [-0.3, -0.25) is 9.59 Å². The van der Waals surface area contributed by atoms with Gasteiger partial charge in [0, 0.05) is 12.8 Å². The highest BCUT2D eigenvalue weighted by molar-refractivity contribution is 5.76. The van der Waals surface area contributed by atoms with Gasteiger partial charge in [0.2, 0.25) is 5.91 Å². The molecule has 92 heavy (non-hydrogen) atoms. The molecule has 0 spiro atoms. The SMILES string of the molecule is CCCCCCCCCCCCCCCCCCCC/C=C/C(O)C(CO)NC(=O)CCCCCCCCCCCCCCCCCCC/C=C\CCCCCCCCCCCCCCCCCCCCOC(=O)CCCCCCCCCCCCCCCCCC. The van der Waals surface area contributed by atoms with Crippen molar-refractivity contribution in [2.24, 2.45) is 0 Å². The number of carbonyl (C=O) groups excluding carboxylic acids is 2. The van der Waals surface area contributed by atoms with Crippen LogP contribution in [-0.4, -0.2) is 47.4 Å². The lowest BCUT2D eigenvalue weighted by Crippen LogP contribution is -2.45. The monoisotopic (exact) mass is 1290 g/mol. The Labute approximate surface area is 577 Å². The molecule has 0 saturated heterocycles. The summed E-state index contributed by atoms with van der Waals surface area (Å²) in [4.78, 5) is 24.7. The van der Waals surface area contributed by atoms with E-state index in [9.17, 15) is 19.8 Å². The van der Waals surface area contributed by atoms with Gasteiger partial charge in [-0.25, -0.2) is 0 Å². The molecule has 0 fully saturated rings. The van der Waals surface area contributed by atoms with Crippen LogP contribution in [0.15, 0.2) is 24.3 Å². The number of allylic oxidation sites excluding steroid dienone is 3. The first-order chi connectivity index (χ1) is 45.5. The Morgan fingerprint density at radius 2 is 0.511 bits per heavy atom. The Hall–Kier alpha value is -1.66. The summed E-state index contributed by atoms with van der Waals surface area (Å²) in [6, 6.07) is -0.625. The molecule has 1 amide bonds. The lowest BCUT2D eigenvalue weighted by Gasteiger charge is -2.20. The van der Waals surface area contributed by atoms with E-state index < -0.39 is 12.1 Å². The number of amides is 1. The minimum absolute atomic E-state index is 0.0269. The summed E-state index contributed by atoms with van der Waals surface area (Å²) in [5, 5.41) is 23.3. The molecule has 3 N–H and O–H groups in total. The molecule has 0 rings (SSSR count). The molecule has 0 aromatic heterocycles. The van der Waals surface area contributed by atoms with E-state index in [1.165, 1.54) is 424 Å². The first kappa shape index (κ1) is 90.3. The van der Waals surface area contributed by atoms with E-state index in [1.807, 2.05) is 6.08 Å². The van der Waals surface area contributed by atoms with Crippen molar-refractivity contribution in [2.75, 3.05) is 13.2 Å². The number of esters is 1. The summed E-state index contributed by atoms with van der Waals surface area (Å²) in [5.74, 6) is -0.0318. The number of aliphatic hydroxyl groups excluding tert-OH is 2. The highest BCUT2D eigenvalue weighted by atomic mass is 16.5. The summed E-state index contributed by atoms with van der Waals surface area (Å²) in [5.41, 5.74) is 0. The number of unbranched alkanes of at least 4 members (excludes halogenated alkanes) is 68. The Morgan fingerprint density at radius 1 is 0.293 bits per heavy atom. The number of ether oxygens (including phenoxy) is 1. The van der Waals surface area contributed by atoms with Crippen LogP contribution in [-0.2, 0) is 14.3 Å². The first-order valence-electron chi connectivity index (χ1n) is 42.6.